The molecule has 0 aromatic heterocycles. The Bertz CT molecular complexity index is 531. The predicted octanol–water partition coefficient (Wildman–Crippen LogP) is 2.21. The molecule has 6 nitrogen and oxygen atoms in total. The summed E-state index contributed by atoms with van der Waals surface area (Å²) in [6.45, 7) is 1.68. The summed E-state index contributed by atoms with van der Waals surface area (Å²) < 4.78 is 37.5. The molecule has 0 aliphatic carbocycles. The summed E-state index contributed by atoms with van der Waals surface area (Å²) in [5.41, 5.74) is 4.48. The van der Waals surface area contributed by atoms with Gasteiger partial charge in [0.05, 0.1) is 5.56 Å². The van der Waals surface area contributed by atoms with Crippen LogP contribution in [0, 0.1) is 5.92 Å². The fraction of sp³-hybridized carbons (Fsp3) is 0.333. The first-order chi connectivity index (χ1) is 9.74. The van der Waals surface area contributed by atoms with Crippen molar-refractivity contribution >= 4 is 17.6 Å². The number of carbonyl (C=O) groups is 1. The number of nitrogens with two attached hydrogens (primary N) is 1. The minimum absolute atomic E-state index is 0.0128. The van der Waals surface area contributed by atoms with Gasteiger partial charge >= 0.3 is 12.2 Å². The number of amides is 2. The summed E-state index contributed by atoms with van der Waals surface area (Å²) in [5, 5.41) is 15.9. The molecule has 21 heavy (non-hydrogen) atoms. The van der Waals surface area contributed by atoms with Crippen molar-refractivity contribution in [1.29, 1.82) is 0 Å². The molecular formula is C12H15F3N4O2. The highest BCUT2D eigenvalue weighted by atomic mass is 19.4. The average Bonchev–Trinajstić information content (AvgIpc) is 2.43. The van der Waals surface area contributed by atoms with Gasteiger partial charge in [-0.25, -0.2) is 4.79 Å². The minimum Gasteiger partial charge on any atom is -0.409 e. The summed E-state index contributed by atoms with van der Waals surface area (Å²) in [5.74, 6) is -0.475. The lowest BCUT2D eigenvalue weighted by Gasteiger charge is -2.13. The number of hydrogen-bond acceptors (Lipinski definition) is 3. The number of urea groups is 1. The van der Waals surface area contributed by atoms with Crippen LogP contribution >= 0.6 is 0 Å². The maximum Gasteiger partial charge on any atom is 0.416 e. The summed E-state index contributed by atoms with van der Waals surface area (Å²) >= 11 is 0. The standard InChI is InChI=1S/C12H15F3N4O2/c1-7(10(16)19-21)6-17-11(20)18-9-4-2-3-8(5-9)12(13,14)15/h2-5,7,21H,6H2,1H3,(H2,16,19)(H2,17,18,20). The summed E-state index contributed by atoms with van der Waals surface area (Å²) in [6, 6.07) is 3.57. The largest absolute Gasteiger partial charge is 0.416 e. The Morgan fingerprint density at radius 2 is 2.14 bits per heavy atom. The highest BCUT2D eigenvalue weighted by Crippen LogP contribution is 2.30. The molecule has 0 saturated heterocycles. The van der Waals surface area contributed by atoms with E-state index in [1.807, 2.05) is 0 Å². The molecule has 0 aliphatic heterocycles. The fourth-order valence-electron chi connectivity index (χ4n) is 1.40. The third kappa shape index (κ3) is 5.21. The molecule has 1 aromatic carbocycles. The first-order valence-corrected chi connectivity index (χ1v) is 5.93. The zero-order chi connectivity index (χ0) is 16.0. The smallest absolute Gasteiger partial charge is 0.409 e. The van der Waals surface area contributed by atoms with E-state index in [1.165, 1.54) is 12.1 Å². The number of alkyl halides is 3. The molecule has 0 heterocycles. The third-order valence-corrected chi connectivity index (χ3v) is 2.64. The van der Waals surface area contributed by atoms with Crippen LogP contribution in [-0.2, 0) is 6.18 Å². The highest BCUT2D eigenvalue weighted by Gasteiger charge is 2.30. The molecule has 0 aliphatic rings. The summed E-state index contributed by atoms with van der Waals surface area (Å²) in [7, 11) is 0. The van der Waals surface area contributed by atoms with E-state index in [0.717, 1.165) is 12.1 Å². The van der Waals surface area contributed by atoms with Crippen molar-refractivity contribution in [1.82, 2.24) is 5.32 Å². The molecule has 9 heteroatoms. The molecule has 2 amide bonds. The Morgan fingerprint density at radius 3 is 2.71 bits per heavy atom. The van der Waals surface area contributed by atoms with Crippen molar-refractivity contribution in [3.8, 4) is 0 Å². The second-order valence-electron chi connectivity index (χ2n) is 4.34. The Kier molecular flexibility index (Phi) is 5.39. The van der Waals surface area contributed by atoms with Gasteiger partial charge in [0.2, 0.25) is 0 Å². The number of amidine groups is 1. The summed E-state index contributed by atoms with van der Waals surface area (Å²) in [4.78, 5) is 11.5. The van der Waals surface area contributed by atoms with Crippen molar-refractivity contribution in [2.75, 3.05) is 11.9 Å². The Hall–Kier alpha value is -2.45. The second-order valence-corrected chi connectivity index (χ2v) is 4.34. The van der Waals surface area contributed by atoms with Crippen LogP contribution in [0.4, 0.5) is 23.7 Å². The number of benzene rings is 1. The zero-order valence-electron chi connectivity index (χ0n) is 11.1. The van der Waals surface area contributed by atoms with E-state index >= 15 is 0 Å². The van der Waals surface area contributed by atoms with Crippen LogP contribution in [0.1, 0.15) is 12.5 Å². The molecule has 1 aromatic rings. The molecule has 0 bridgehead atoms. The van der Waals surface area contributed by atoms with E-state index in [2.05, 4.69) is 15.8 Å². The second kappa shape index (κ2) is 6.82. The number of nitrogens with zero attached hydrogens (tertiary/aromatic N) is 1. The van der Waals surface area contributed by atoms with Crippen LogP contribution in [0.3, 0.4) is 0 Å². The highest BCUT2D eigenvalue weighted by molar-refractivity contribution is 5.90. The van der Waals surface area contributed by atoms with Crippen molar-refractivity contribution in [3.05, 3.63) is 29.8 Å². The molecule has 1 rings (SSSR count). The molecule has 0 radical (unpaired) electrons. The molecule has 1 atom stereocenters. The molecule has 116 valence electrons. The quantitative estimate of drug-likeness (QED) is 0.297. The van der Waals surface area contributed by atoms with Gasteiger partial charge in [0.15, 0.2) is 0 Å². The van der Waals surface area contributed by atoms with Gasteiger partial charge in [-0.1, -0.05) is 18.1 Å². The Morgan fingerprint density at radius 1 is 1.48 bits per heavy atom. The van der Waals surface area contributed by atoms with Gasteiger partial charge in [-0.15, -0.1) is 0 Å². The lowest BCUT2D eigenvalue weighted by atomic mass is 10.1. The number of anilines is 1. The van der Waals surface area contributed by atoms with Gasteiger partial charge in [-0.2, -0.15) is 13.2 Å². The van der Waals surface area contributed by atoms with E-state index in [1.54, 1.807) is 6.92 Å². The molecule has 0 spiro atoms. The van der Waals surface area contributed by atoms with Crippen molar-refractivity contribution < 1.29 is 23.2 Å². The normalized spacial score (nSPS) is 13.6. The van der Waals surface area contributed by atoms with Crippen molar-refractivity contribution in [3.63, 3.8) is 0 Å². The van der Waals surface area contributed by atoms with E-state index < -0.39 is 23.7 Å². The van der Waals surface area contributed by atoms with Gasteiger partial charge in [-0.3, -0.25) is 0 Å². The van der Waals surface area contributed by atoms with Gasteiger partial charge < -0.3 is 21.6 Å². The summed E-state index contributed by atoms with van der Waals surface area (Å²) in [6.07, 6.45) is -4.48. The van der Waals surface area contributed by atoms with Gasteiger partial charge in [-0.05, 0) is 18.2 Å². The van der Waals surface area contributed by atoms with Crippen molar-refractivity contribution in [2.24, 2.45) is 16.8 Å². The van der Waals surface area contributed by atoms with E-state index in [0.29, 0.717) is 0 Å². The molecule has 0 saturated carbocycles. The zero-order valence-corrected chi connectivity index (χ0v) is 11.1. The first kappa shape index (κ1) is 16.6. The number of rotatable bonds is 4. The topological polar surface area (TPSA) is 99.7 Å². The lowest BCUT2D eigenvalue weighted by molar-refractivity contribution is -0.137. The number of nitrogens with one attached hydrogen (secondary N) is 2. The lowest BCUT2D eigenvalue weighted by Crippen LogP contribution is -2.37. The fourth-order valence-corrected chi connectivity index (χ4v) is 1.40. The predicted molar refractivity (Wildman–Crippen MR) is 71.0 cm³/mol. The van der Waals surface area contributed by atoms with E-state index in [4.69, 9.17) is 10.9 Å². The molecule has 5 N–H and O–H groups in total. The van der Waals surface area contributed by atoms with Crippen LogP contribution in [0.5, 0.6) is 0 Å². The maximum atomic E-state index is 12.5. The van der Waals surface area contributed by atoms with Crippen LogP contribution in [0.25, 0.3) is 0 Å². The molecule has 1 unspecified atom stereocenters. The Labute approximate surface area is 118 Å². The van der Waals surface area contributed by atoms with Crippen LogP contribution in [-0.4, -0.2) is 23.6 Å². The third-order valence-electron chi connectivity index (χ3n) is 2.64. The van der Waals surface area contributed by atoms with Gasteiger partial charge in [0, 0.05) is 18.2 Å². The number of halogens is 3. The maximum absolute atomic E-state index is 12.5. The number of oxime groups is 1. The van der Waals surface area contributed by atoms with Gasteiger partial charge in [0.1, 0.15) is 5.84 Å². The molecule has 0 fully saturated rings. The minimum atomic E-state index is -4.48. The van der Waals surface area contributed by atoms with Crippen LogP contribution in [0.2, 0.25) is 0 Å². The molecular weight excluding hydrogens is 289 g/mol. The van der Waals surface area contributed by atoms with Crippen LogP contribution < -0.4 is 16.4 Å². The number of hydrogen-bond donors (Lipinski definition) is 4. The monoisotopic (exact) mass is 304 g/mol. The Balaban J connectivity index is 2.60. The van der Waals surface area contributed by atoms with Gasteiger partial charge in [0.25, 0.3) is 0 Å². The first-order valence-electron chi connectivity index (χ1n) is 5.93. The SMILES string of the molecule is CC(CNC(=O)Nc1cccc(C(F)(F)F)c1)C(N)=NO. The van der Waals surface area contributed by atoms with E-state index in [9.17, 15) is 18.0 Å². The number of carbonyl (C=O) groups excluding carboxylic acids is 1. The van der Waals surface area contributed by atoms with Crippen LogP contribution in [0.15, 0.2) is 29.4 Å². The van der Waals surface area contributed by atoms with Crippen molar-refractivity contribution in [2.45, 2.75) is 13.1 Å². The average molecular weight is 304 g/mol. The van der Waals surface area contributed by atoms with E-state index in [-0.39, 0.29) is 18.1 Å².